The summed E-state index contributed by atoms with van der Waals surface area (Å²) in [5.41, 5.74) is 1.05. The number of carboxylic acid groups (broad SMARTS) is 1. The molecule has 2 fully saturated rings. The number of nitrogens with zero attached hydrogens (tertiary/aromatic N) is 1. The van der Waals surface area contributed by atoms with Gasteiger partial charge in [-0.15, -0.1) is 0 Å². The maximum Gasteiger partial charge on any atom is 0.335 e. The molecular weight excluding hydrogens is 306 g/mol. The molecule has 1 aromatic rings. The molecule has 1 saturated heterocycles. The number of fused-ring (bicyclic) bond motifs is 2. The van der Waals surface area contributed by atoms with Crippen molar-refractivity contribution in [2.75, 3.05) is 13.1 Å². The Labute approximate surface area is 141 Å². The second-order valence-corrected chi connectivity index (χ2v) is 7.59. The Morgan fingerprint density at radius 3 is 2.54 bits per heavy atom. The van der Waals surface area contributed by atoms with Gasteiger partial charge >= 0.3 is 5.97 Å². The fraction of sp³-hybridized carbons (Fsp3) is 0.579. The molecular formula is C19H23NO4. The van der Waals surface area contributed by atoms with Gasteiger partial charge in [-0.2, -0.15) is 0 Å². The molecule has 24 heavy (non-hydrogen) atoms. The number of benzene rings is 1. The summed E-state index contributed by atoms with van der Waals surface area (Å²) >= 11 is 0. The normalized spacial score (nSPS) is 30.7. The molecule has 5 heteroatoms. The van der Waals surface area contributed by atoms with E-state index in [1.165, 1.54) is 11.1 Å². The summed E-state index contributed by atoms with van der Waals surface area (Å²) in [6.07, 6.45) is 4.42. The van der Waals surface area contributed by atoms with Gasteiger partial charge in [0.2, 0.25) is 5.91 Å². The number of aryl methyl sites for hydroxylation is 1. The van der Waals surface area contributed by atoms with Gasteiger partial charge in [0.1, 0.15) is 0 Å². The highest BCUT2D eigenvalue weighted by Gasteiger charge is 2.61. The Balaban J connectivity index is 1.48. The fourth-order valence-electron chi connectivity index (χ4n) is 4.69. The second-order valence-electron chi connectivity index (χ2n) is 7.59. The van der Waals surface area contributed by atoms with Crippen molar-refractivity contribution in [2.45, 2.75) is 49.5 Å². The van der Waals surface area contributed by atoms with Crippen molar-refractivity contribution in [1.82, 2.24) is 4.90 Å². The summed E-state index contributed by atoms with van der Waals surface area (Å²) in [5, 5.41) is 19.1. The summed E-state index contributed by atoms with van der Waals surface area (Å²) in [6.45, 7) is 0.658. The second kappa shape index (κ2) is 5.31. The monoisotopic (exact) mass is 329 g/mol. The maximum atomic E-state index is 12.9. The number of likely N-dealkylation sites (tertiary alicyclic amines) is 1. The molecule has 2 atom stereocenters. The molecule has 1 spiro atoms. The SMILES string of the molecule is O=C(C1CC12CCCc1ccccc12)N1CCC(O)(C(=O)O)CC1. The molecule has 4 rings (SSSR count). The summed E-state index contributed by atoms with van der Waals surface area (Å²) in [7, 11) is 0. The molecule has 128 valence electrons. The third-order valence-electron chi connectivity index (χ3n) is 6.30. The first-order chi connectivity index (χ1) is 11.5. The molecule has 2 unspecified atom stereocenters. The van der Waals surface area contributed by atoms with Gasteiger partial charge in [0, 0.05) is 37.3 Å². The quantitative estimate of drug-likeness (QED) is 0.866. The molecule has 5 nitrogen and oxygen atoms in total. The molecule has 1 saturated carbocycles. The molecule has 3 aliphatic rings. The zero-order valence-electron chi connectivity index (χ0n) is 13.7. The summed E-state index contributed by atoms with van der Waals surface area (Å²) in [5.74, 6) is -1.02. The molecule has 0 radical (unpaired) electrons. The number of amides is 1. The Hall–Kier alpha value is -1.88. The molecule has 2 N–H and O–H groups in total. The van der Waals surface area contributed by atoms with Crippen molar-refractivity contribution in [3.8, 4) is 0 Å². The molecule has 1 amide bonds. The van der Waals surface area contributed by atoms with Gasteiger partial charge in [-0.1, -0.05) is 24.3 Å². The van der Waals surface area contributed by atoms with Crippen LogP contribution in [0.2, 0.25) is 0 Å². The lowest BCUT2D eigenvalue weighted by atomic mass is 9.78. The van der Waals surface area contributed by atoms with Crippen LogP contribution in [0.1, 0.15) is 43.2 Å². The molecule has 1 aromatic carbocycles. The van der Waals surface area contributed by atoms with E-state index in [0.717, 1.165) is 25.7 Å². The van der Waals surface area contributed by atoms with Crippen molar-refractivity contribution in [3.63, 3.8) is 0 Å². The number of hydrogen-bond acceptors (Lipinski definition) is 3. The number of aliphatic carboxylic acids is 1. The van der Waals surface area contributed by atoms with E-state index < -0.39 is 11.6 Å². The Morgan fingerprint density at radius 2 is 1.83 bits per heavy atom. The minimum absolute atomic E-state index is 0.00642. The van der Waals surface area contributed by atoms with E-state index in [0.29, 0.717) is 13.1 Å². The minimum Gasteiger partial charge on any atom is -0.479 e. The first-order valence-electron chi connectivity index (χ1n) is 8.79. The number of carboxylic acids is 1. The Kier molecular flexibility index (Phi) is 3.46. The highest BCUT2D eigenvalue weighted by molar-refractivity contribution is 5.85. The number of rotatable bonds is 2. The van der Waals surface area contributed by atoms with Crippen LogP contribution in [0.15, 0.2) is 24.3 Å². The van der Waals surface area contributed by atoms with Crippen LogP contribution in [-0.4, -0.2) is 45.7 Å². The van der Waals surface area contributed by atoms with Crippen LogP contribution in [0, 0.1) is 5.92 Å². The van der Waals surface area contributed by atoms with Crippen LogP contribution in [0.5, 0.6) is 0 Å². The van der Waals surface area contributed by atoms with E-state index in [2.05, 4.69) is 24.3 Å². The zero-order chi connectivity index (χ0) is 16.9. The number of carbonyl (C=O) groups is 2. The lowest BCUT2D eigenvalue weighted by Gasteiger charge is -2.36. The van der Waals surface area contributed by atoms with Crippen LogP contribution in [-0.2, 0) is 21.4 Å². The standard InChI is InChI=1S/C19H23NO4/c21-16(20-10-8-19(24,9-11-20)17(22)23)15-12-18(15)7-3-5-13-4-1-2-6-14(13)18/h1-2,4,6,15,24H,3,5,7-12H2,(H,22,23). The molecule has 1 aliphatic heterocycles. The van der Waals surface area contributed by atoms with Crippen LogP contribution in [0.25, 0.3) is 0 Å². The van der Waals surface area contributed by atoms with Crippen LogP contribution in [0.3, 0.4) is 0 Å². The smallest absolute Gasteiger partial charge is 0.335 e. The van der Waals surface area contributed by atoms with Gasteiger partial charge in [0.15, 0.2) is 5.60 Å². The van der Waals surface area contributed by atoms with Crippen molar-refractivity contribution in [2.24, 2.45) is 5.92 Å². The third kappa shape index (κ3) is 2.25. The van der Waals surface area contributed by atoms with Gasteiger partial charge in [-0.05, 0) is 36.8 Å². The average molecular weight is 329 g/mol. The third-order valence-corrected chi connectivity index (χ3v) is 6.30. The van der Waals surface area contributed by atoms with E-state index in [1.54, 1.807) is 4.90 Å². The highest BCUT2D eigenvalue weighted by atomic mass is 16.4. The first-order valence-corrected chi connectivity index (χ1v) is 8.79. The lowest BCUT2D eigenvalue weighted by Crippen LogP contribution is -2.51. The van der Waals surface area contributed by atoms with Crippen LogP contribution in [0.4, 0.5) is 0 Å². The number of aliphatic hydroxyl groups is 1. The molecule has 2 aliphatic carbocycles. The number of hydrogen-bond donors (Lipinski definition) is 2. The fourth-order valence-corrected chi connectivity index (χ4v) is 4.69. The Bertz CT molecular complexity index is 692. The first kappa shape index (κ1) is 15.6. The highest BCUT2D eigenvalue weighted by Crippen LogP contribution is 2.60. The topological polar surface area (TPSA) is 77.8 Å². The molecule has 1 heterocycles. The largest absolute Gasteiger partial charge is 0.479 e. The summed E-state index contributed by atoms with van der Waals surface area (Å²) in [6, 6.07) is 8.46. The van der Waals surface area contributed by atoms with Gasteiger partial charge in [0.25, 0.3) is 0 Å². The van der Waals surface area contributed by atoms with E-state index in [-0.39, 0.29) is 30.1 Å². The van der Waals surface area contributed by atoms with Crippen molar-refractivity contribution in [3.05, 3.63) is 35.4 Å². The zero-order valence-corrected chi connectivity index (χ0v) is 13.7. The predicted octanol–water partition coefficient (Wildman–Crippen LogP) is 1.72. The number of piperidine rings is 1. The van der Waals surface area contributed by atoms with Gasteiger partial charge in [0.05, 0.1) is 0 Å². The Morgan fingerprint density at radius 1 is 1.12 bits per heavy atom. The van der Waals surface area contributed by atoms with Crippen LogP contribution < -0.4 is 0 Å². The lowest BCUT2D eigenvalue weighted by molar-refractivity contribution is -0.165. The van der Waals surface area contributed by atoms with E-state index in [9.17, 15) is 14.7 Å². The van der Waals surface area contributed by atoms with E-state index in [4.69, 9.17) is 5.11 Å². The van der Waals surface area contributed by atoms with Crippen LogP contribution >= 0.6 is 0 Å². The van der Waals surface area contributed by atoms with E-state index >= 15 is 0 Å². The summed E-state index contributed by atoms with van der Waals surface area (Å²) < 4.78 is 0. The van der Waals surface area contributed by atoms with E-state index in [1.807, 2.05) is 0 Å². The number of carbonyl (C=O) groups excluding carboxylic acids is 1. The molecule has 0 bridgehead atoms. The molecule has 0 aromatic heterocycles. The van der Waals surface area contributed by atoms with Crippen molar-refractivity contribution in [1.29, 1.82) is 0 Å². The van der Waals surface area contributed by atoms with Crippen molar-refractivity contribution < 1.29 is 19.8 Å². The van der Waals surface area contributed by atoms with Gasteiger partial charge in [-0.25, -0.2) is 4.79 Å². The van der Waals surface area contributed by atoms with Gasteiger partial charge < -0.3 is 15.1 Å². The predicted molar refractivity (Wildman–Crippen MR) is 87.6 cm³/mol. The minimum atomic E-state index is -1.67. The average Bonchev–Trinajstić information content (AvgIpc) is 3.30. The maximum absolute atomic E-state index is 12.9. The van der Waals surface area contributed by atoms with Gasteiger partial charge in [-0.3, -0.25) is 4.79 Å². The summed E-state index contributed by atoms with van der Waals surface area (Å²) in [4.78, 5) is 25.8. The van der Waals surface area contributed by atoms with Crippen molar-refractivity contribution >= 4 is 11.9 Å².